The van der Waals surface area contributed by atoms with Crippen LogP contribution in [-0.2, 0) is 14.8 Å². The van der Waals surface area contributed by atoms with E-state index in [2.05, 4.69) is 45.1 Å². The lowest BCUT2D eigenvalue weighted by molar-refractivity contribution is -0.113. The number of aliphatic imine (C=N–C) groups is 1. The van der Waals surface area contributed by atoms with Crippen molar-refractivity contribution in [3.05, 3.63) is 83.4 Å². The van der Waals surface area contributed by atoms with Crippen molar-refractivity contribution in [3.8, 4) is 17.1 Å². The zero-order valence-electron chi connectivity index (χ0n) is 24.0. The Labute approximate surface area is 261 Å². The molecule has 0 saturated carbocycles. The summed E-state index contributed by atoms with van der Waals surface area (Å²) in [6.45, 7) is 4.86. The Morgan fingerprint density at radius 2 is 1.79 bits per heavy atom. The van der Waals surface area contributed by atoms with Crippen LogP contribution >= 0.6 is 23.4 Å². The molecule has 9 nitrogen and oxygen atoms in total. The maximum absolute atomic E-state index is 13.1. The number of amidine groups is 1. The number of benzene rings is 3. The zero-order valence-corrected chi connectivity index (χ0v) is 26.3. The second kappa shape index (κ2) is 13.7. The SMILES string of the molecule is CC(C)c1ccccc1-n1c(SCC(=O)Nc2cccc(S(=O)(=O)NC3=NCCCCC3)c2)nnc1-c1ccc(Cl)cc1. The number of sulfonamides is 1. The Morgan fingerprint density at radius 3 is 2.58 bits per heavy atom. The van der Waals surface area contributed by atoms with Crippen molar-refractivity contribution in [2.24, 2.45) is 4.99 Å². The van der Waals surface area contributed by atoms with Crippen molar-refractivity contribution in [2.45, 2.75) is 55.5 Å². The van der Waals surface area contributed by atoms with Gasteiger partial charge >= 0.3 is 0 Å². The predicted octanol–water partition coefficient (Wildman–Crippen LogP) is 6.69. The monoisotopic (exact) mass is 636 g/mol. The van der Waals surface area contributed by atoms with Gasteiger partial charge in [0.15, 0.2) is 11.0 Å². The minimum atomic E-state index is -3.83. The number of anilines is 1. The first-order valence-electron chi connectivity index (χ1n) is 14.1. The van der Waals surface area contributed by atoms with E-state index in [4.69, 9.17) is 11.6 Å². The number of thioether (sulfide) groups is 1. The quantitative estimate of drug-likeness (QED) is 0.198. The third-order valence-electron chi connectivity index (χ3n) is 6.92. The minimum Gasteiger partial charge on any atom is -0.325 e. The second-order valence-corrected chi connectivity index (χ2v) is 13.5. The number of carbonyl (C=O) groups excluding carboxylic acids is 1. The fourth-order valence-electron chi connectivity index (χ4n) is 4.79. The molecule has 224 valence electrons. The van der Waals surface area contributed by atoms with E-state index in [1.54, 1.807) is 24.3 Å². The molecule has 1 aromatic heterocycles. The number of aromatic nitrogens is 3. The third kappa shape index (κ3) is 7.65. The summed E-state index contributed by atoms with van der Waals surface area (Å²) in [4.78, 5) is 17.5. The number of hydrogen-bond donors (Lipinski definition) is 2. The van der Waals surface area contributed by atoms with Crippen LogP contribution in [0.3, 0.4) is 0 Å². The van der Waals surface area contributed by atoms with Gasteiger partial charge in [-0.1, -0.05) is 67.9 Å². The lowest BCUT2D eigenvalue weighted by atomic mass is 10.0. The summed E-state index contributed by atoms with van der Waals surface area (Å²) in [6.07, 6.45) is 3.47. The smallest absolute Gasteiger partial charge is 0.262 e. The standard InChI is InChI=1S/C31H33ClN6O3S2/c1-21(2)26-11-5-6-12-27(26)38-30(22-14-16-23(32)17-15-22)35-36-31(38)42-20-29(39)34-24-9-8-10-25(19-24)43(40,41)37-28-13-4-3-7-18-33-28/h5-6,8-12,14-17,19,21H,3-4,7,13,18,20H2,1-2H3,(H,33,37)(H,34,39). The van der Waals surface area contributed by atoms with Gasteiger partial charge in [-0.2, -0.15) is 0 Å². The van der Waals surface area contributed by atoms with Gasteiger partial charge in [0.05, 0.1) is 16.3 Å². The highest BCUT2D eigenvalue weighted by atomic mass is 35.5. The van der Waals surface area contributed by atoms with Gasteiger partial charge in [-0.25, -0.2) is 8.42 Å². The van der Waals surface area contributed by atoms with Crippen LogP contribution in [0.2, 0.25) is 5.02 Å². The summed E-state index contributed by atoms with van der Waals surface area (Å²) in [7, 11) is -3.83. The molecule has 0 bridgehead atoms. The predicted molar refractivity (Wildman–Crippen MR) is 173 cm³/mol. The molecular formula is C31H33ClN6O3S2. The molecule has 0 fully saturated rings. The molecule has 43 heavy (non-hydrogen) atoms. The molecule has 5 rings (SSSR count). The number of para-hydroxylation sites is 1. The van der Waals surface area contributed by atoms with Crippen molar-refractivity contribution in [1.82, 2.24) is 19.5 Å². The molecule has 1 aliphatic rings. The molecule has 4 aromatic rings. The van der Waals surface area contributed by atoms with Gasteiger partial charge in [-0.05, 0) is 72.9 Å². The number of nitrogens with zero attached hydrogens (tertiary/aromatic N) is 4. The molecular weight excluding hydrogens is 604 g/mol. The lowest BCUT2D eigenvalue weighted by Crippen LogP contribution is -2.30. The van der Waals surface area contributed by atoms with Gasteiger partial charge in [0.2, 0.25) is 5.91 Å². The van der Waals surface area contributed by atoms with Crippen LogP contribution in [0.25, 0.3) is 17.1 Å². The maximum Gasteiger partial charge on any atom is 0.262 e. The largest absolute Gasteiger partial charge is 0.325 e. The highest BCUT2D eigenvalue weighted by Crippen LogP contribution is 2.32. The summed E-state index contributed by atoms with van der Waals surface area (Å²) in [5, 5.41) is 12.9. The van der Waals surface area contributed by atoms with Gasteiger partial charge in [0, 0.05) is 29.2 Å². The van der Waals surface area contributed by atoms with Crippen LogP contribution in [-0.4, -0.2) is 47.2 Å². The van der Waals surface area contributed by atoms with Crippen LogP contribution in [0, 0.1) is 0 Å². The number of nitrogens with one attached hydrogen (secondary N) is 2. The summed E-state index contributed by atoms with van der Waals surface area (Å²) < 4.78 is 30.6. The first-order valence-corrected chi connectivity index (χ1v) is 17.0. The molecule has 0 spiro atoms. The molecule has 1 amide bonds. The summed E-state index contributed by atoms with van der Waals surface area (Å²) in [5.41, 5.74) is 3.27. The van der Waals surface area contributed by atoms with Crippen LogP contribution in [0.4, 0.5) is 5.69 Å². The van der Waals surface area contributed by atoms with Crippen molar-refractivity contribution in [3.63, 3.8) is 0 Å². The first-order chi connectivity index (χ1) is 20.7. The molecule has 1 aliphatic heterocycles. The van der Waals surface area contributed by atoms with Gasteiger partial charge in [-0.3, -0.25) is 19.1 Å². The molecule has 0 radical (unpaired) electrons. The average Bonchev–Trinajstić information content (AvgIpc) is 3.25. The summed E-state index contributed by atoms with van der Waals surface area (Å²) in [5.74, 6) is 1.08. The van der Waals surface area contributed by atoms with Gasteiger partial charge in [0.25, 0.3) is 10.0 Å². The Bertz CT molecular complexity index is 1740. The maximum atomic E-state index is 13.1. The number of halogens is 1. The van der Waals surface area contributed by atoms with E-state index in [1.165, 1.54) is 23.9 Å². The number of rotatable bonds is 9. The fourth-order valence-corrected chi connectivity index (χ4v) is 6.79. The zero-order chi connectivity index (χ0) is 30.4. The molecule has 0 aliphatic carbocycles. The Morgan fingerprint density at radius 1 is 1.00 bits per heavy atom. The van der Waals surface area contributed by atoms with Crippen molar-refractivity contribution < 1.29 is 13.2 Å². The van der Waals surface area contributed by atoms with E-state index in [0.29, 0.717) is 40.5 Å². The normalized spacial score (nSPS) is 13.8. The van der Waals surface area contributed by atoms with Gasteiger partial charge < -0.3 is 5.32 Å². The lowest BCUT2D eigenvalue weighted by Gasteiger charge is -2.17. The average molecular weight is 637 g/mol. The fraction of sp³-hybridized carbons (Fsp3) is 0.290. The summed E-state index contributed by atoms with van der Waals surface area (Å²) in [6, 6.07) is 21.6. The van der Waals surface area contributed by atoms with Gasteiger partial charge in [-0.15, -0.1) is 10.2 Å². The van der Waals surface area contributed by atoms with Crippen molar-refractivity contribution >= 4 is 50.8 Å². The van der Waals surface area contributed by atoms with E-state index in [9.17, 15) is 13.2 Å². The molecule has 2 N–H and O–H groups in total. The van der Waals surface area contributed by atoms with Crippen molar-refractivity contribution in [2.75, 3.05) is 17.6 Å². The Balaban J connectivity index is 1.34. The highest BCUT2D eigenvalue weighted by molar-refractivity contribution is 7.99. The summed E-state index contributed by atoms with van der Waals surface area (Å²) >= 11 is 7.38. The van der Waals surface area contributed by atoms with E-state index in [0.717, 1.165) is 36.1 Å². The highest BCUT2D eigenvalue weighted by Gasteiger charge is 2.21. The molecule has 0 atom stereocenters. The molecule has 12 heteroatoms. The number of carbonyl (C=O) groups is 1. The van der Waals surface area contributed by atoms with Crippen LogP contribution in [0.1, 0.15) is 51.0 Å². The van der Waals surface area contributed by atoms with Crippen molar-refractivity contribution in [1.29, 1.82) is 0 Å². The molecule has 0 saturated heterocycles. The first kappa shape index (κ1) is 30.8. The molecule has 3 aromatic carbocycles. The minimum absolute atomic E-state index is 0.0363. The number of amides is 1. The molecule has 0 unspecified atom stereocenters. The van der Waals surface area contributed by atoms with E-state index in [-0.39, 0.29) is 22.5 Å². The van der Waals surface area contributed by atoms with Crippen LogP contribution in [0.15, 0.2) is 87.8 Å². The Kier molecular flexibility index (Phi) is 9.84. The van der Waals surface area contributed by atoms with Gasteiger partial charge in [0.1, 0.15) is 5.84 Å². The van der Waals surface area contributed by atoms with Crippen LogP contribution < -0.4 is 10.0 Å². The molecule has 2 heterocycles. The number of hydrogen-bond acceptors (Lipinski definition) is 7. The van der Waals surface area contributed by atoms with E-state index < -0.39 is 10.0 Å². The van der Waals surface area contributed by atoms with Crippen LogP contribution in [0.5, 0.6) is 0 Å². The Hall–Kier alpha value is -3.67. The topological polar surface area (TPSA) is 118 Å². The third-order valence-corrected chi connectivity index (χ3v) is 9.48. The van der Waals surface area contributed by atoms with E-state index in [1.807, 2.05) is 34.9 Å². The van der Waals surface area contributed by atoms with E-state index >= 15 is 0 Å². The second-order valence-electron chi connectivity index (χ2n) is 10.5.